The quantitative estimate of drug-likeness (QED) is 0.624. The van der Waals surface area contributed by atoms with E-state index in [9.17, 15) is 19.2 Å². The third-order valence-electron chi connectivity index (χ3n) is 3.99. The van der Waals surface area contributed by atoms with E-state index < -0.39 is 17.8 Å². The number of nitrogens with zero attached hydrogens (tertiary/aromatic N) is 2. The Balaban J connectivity index is 2.86. The summed E-state index contributed by atoms with van der Waals surface area (Å²) >= 11 is 0. The molecular formula is C19H27N3O6. The van der Waals surface area contributed by atoms with Crippen molar-refractivity contribution >= 4 is 29.4 Å². The van der Waals surface area contributed by atoms with Gasteiger partial charge in [0, 0.05) is 18.8 Å². The third kappa shape index (κ3) is 6.66. The van der Waals surface area contributed by atoms with Crippen LogP contribution in [0.2, 0.25) is 0 Å². The number of hydrogen-bond donors (Lipinski definition) is 1. The van der Waals surface area contributed by atoms with Gasteiger partial charge in [0.2, 0.25) is 11.8 Å². The number of anilines is 1. The highest BCUT2D eigenvalue weighted by atomic mass is 16.5. The zero-order valence-electron chi connectivity index (χ0n) is 16.9. The first-order valence-corrected chi connectivity index (χ1v) is 8.83. The fraction of sp³-hybridized carbons (Fsp3) is 0.474. The van der Waals surface area contributed by atoms with Crippen molar-refractivity contribution < 1.29 is 28.7 Å². The summed E-state index contributed by atoms with van der Waals surface area (Å²) in [6, 6.07) is 4.12. The lowest BCUT2D eigenvalue weighted by Gasteiger charge is -2.22. The number of rotatable bonds is 9. The van der Waals surface area contributed by atoms with Gasteiger partial charge in [-0.3, -0.25) is 14.5 Å². The van der Waals surface area contributed by atoms with Crippen LogP contribution in [0, 0.1) is 0 Å². The molecule has 0 fully saturated rings. The fourth-order valence-electron chi connectivity index (χ4n) is 2.58. The average molecular weight is 393 g/mol. The first kappa shape index (κ1) is 23.1. The predicted octanol–water partition coefficient (Wildman–Crippen LogP) is 0.999. The van der Waals surface area contributed by atoms with Crippen LogP contribution in [0.15, 0.2) is 18.2 Å². The van der Waals surface area contributed by atoms with Crippen LogP contribution in [0.5, 0.6) is 0 Å². The molecule has 0 aliphatic carbocycles. The van der Waals surface area contributed by atoms with Crippen LogP contribution in [0.25, 0.3) is 0 Å². The van der Waals surface area contributed by atoms with Crippen molar-refractivity contribution in [1.82, 2.24) is 9.80 Å². The number of amides is 2. The van der Waals surface area contributed by atoms with Crippen molar-refractivity contribution in [3.8, 4) is 0 Å². The van der Waals surface area contributed by atoms with Gasteiger partial charge in [-0.2, -0.15) is 0 Å². The van der Waals surface area contributed by atoms with Crippen molar-refractivity contribution in [2.75, 3.05) is 52.8 Å². The molecule has 0 heterocycles. The van der Waals surface area contributed by atoms with Gasteiger partial charge in [-0.25, -0.2) is 9.59 Å². The van der Waals surface area contributed by atoms with Gasteiger partial charge >= 0.3 is 11.9 Å². The Kier molecular flexibility index (Phi) is 9.10. The lowest BCUT2D eigenvalue weighted by molar-refractivity contribution is -0.132. The molecule has 28 heavy (non-hydrogen) atoms. The van der Waals surface area contributed by atoms with Crippen molar-refractivity contribution in [3.63, 3.8) is 0 Å². The fourth-order valence-corrected chi connectivity index (χ4v) is 2.58. The third-order valence-corrected chi connectivity index (χ3v) is 3.99. The van der Waals surface area contributed by atoms with E-state index >= 15 is 0 Å². The Morgan fingerprint density at radius 2 is 1.39 bits per heavy atom. The molecule has 1 rings (SSSR count). The molecule has 0 spiro atoms. The summed E-state index contributed by atoms with van der Waals surface area (Å²) < 4.78 is 9.32. The monoisotopic (exact) mass is 393 g/mol. The molecule has 1 N–H and O–H groups in total. The maximum absolute atomic E-state index is 12.3. The molecular weight excluding hydrogens is 366 g/mol. The Labute approximate surface area is 164 Å². The van der Waals surface area contributed by atoms with E-state index in [2.05, 4.69) is 14.8 Å². The van der Waals surface area contributed by atoms with E-state index in [1.807, 2.05) is 13.8 Å². The number of carbonyl (C=O) groups is 4. The highest BCUT2D eigenvalue weighted by molar-refractivity contribution is 5.99. The zero-order chi connectivity index (χ0) is 21.3. The normalized spacial score (nSPS) is 10.4. The van der Waals surface area contributed by atoms with Crippen LogP contribution < -0.4 is 5.32 Å². The molecule has 2 amide bonds. The van der Waals surface area contributed by atoms with E-state index in [1.54, 1.807) is 16.8 Å². The van der Waals surface area contributed by atoms with Crippen LogP contribution in [0.3, 0.4) is 0 Å². The highest BCUT2D eigenvalue weighted by Gasteiger charge is 2.17. The molecule has 0 aliphatic heterocycles. The number of esters is 2. The minimum Gasteiger partial charge on any atom is -0.465 e. The largest absolute Gasteiger partial charge is 0.465 e. The molecule has 0 radical (unpaired) electrons. The van der Waals surface area contributed by atoms with Gasteiger partial charge < -0.3 is 19.7 Å². The number of likely N-dealkylation sites (N-methyl/N-ethyl adjacent to an activating group) is 2. The predicted molar refractivity (Wildman–Crippen MR) is 103 cm³/mol. The van der Waals surface area contributed by atoms with Crippen molar-refractivity contribution in [2.24, 2.45) is 0 Å². The smallest absolute Gasteiger partial charge is 0.337 e. The number of nitrogens with one attached hydrogen (secondary N) is 1. The molecule has 0 aromatic heterocycles. The van der Waals surface area contributed by atoms with Gasteiger partial charge in [-0.1, -0.05) is 0 Å². The lowest BCUT2D eigenvalue weighted by atomic mass is 10.1. The van der Waals surface area contributed by atoms with E-state index in [1.165, 1.54) is 32.4 Å². The first-order chi connectivity index (χ1) is 13.2. The molecule has 9 nitrogen and oxygen atoms in total. The SMILES string of the molecule is CCN(CC)C(=O)CN(C)CC(=O)Nc1cc(C(=O)OC)cc(C(=O)OC)c1. The molecule has 0 saturated heterocycles. The van der Waals surface area contributed by atoms with Gasteiger partial charge in [0.05, 0.1) is 38.4 Å². The summed E-state index contributed by atoms with van der Waals surface area (Å²) in [7, 11) is 4.09. The Bertz CT molecular complexity index is 696. The molecule has 1 aromatic rings. The average Bonchev–Trinajstić information content (AvgIpc) is 2.66. The van der Waals surface area contributed by atoms with Crippen molar-refractivity contribution in [3.05, 3.63) is 29.3 Å². The van der Waals surface area contributed by atoms with Crippen LogP contribution in [0.4, 0.5) is 5.69 Å². The molecule has 0 bridgehead atoms. The molecule has 0 unspecified atom stereocenters. The second-order valence-corrected chi connectivity index (χ2v) is 6.07. The molecule has 0 saturated carbocycles. The molecule has 0 atom stereocenters. The second-order valence-electron chi connectivity index (χ2n) is 6.07. The summed E-state index contributed by atoms with van der Waals surface area (Å²) in [6.07, 6.45) is 0. The Morgan fingerprint density at radius 3 is 1.82 bits per heavy atom. The minimum absolute atomic E-state index is 0.0387. The van der Waals surface area contributed by atoms with Gasteiger partial charge in [-0.15, -0.1) is 0 Å². The maximum atomic E-state index is 12.3. The number of benzene rings is 1. The van der Waals surface area contributed by atoms with Gasteiger partial charge in [0.15, 0.2) is 0 Å². The van der Waals surface area contributed by atoms with Crippen LogP contribution in [0.1, 0.15) is 34.6 Å². The standard InChI is InChI=1S/C19H27N3O6/c1-6-22(7-2)17(24)12-21(3)11-16(23)20-15-9-13(18(25)27-4)8-14(10-15)19(26)28-5/h8-10H,6-7,11-12H2,1-5H3,(H,20,23). The van der Waals surface area contributed by atoms with E-state index in [4.69, 9.17) is 0 Å². The number of methoxy groups -OCH3 is 2. The summed E-state index contributed by atoms with van der Waals surface area (Å²) in [6.45, 7) is 5.05. The zero-order valence-corrected chi connectivity index (χ0v) is 16.9. The summed E-state index contributed by atoms with van der Waals surface area (Å²) in [5, 5.41) is 2.62. The highest BCUT2D eigenvalue weighted by Crippen LogP contribution is 2.17. The van der Waals surface area contributed by atoms with Crippen LogP contribution >= 0.6 is 0 Å². The summed E-state index contributed by atoms with van der Waals surface area (Å²) in [5.41, 5.74) is 0.452. The molecule has 0 aliphatic rings. The number of ether oxygens (including phenoxy) is 2. The van der Waals surface area contributed by atoms with E-state index in [0.717, 1.165) is 0 Å². The Hall–Kier alpha value is -2.94. The topological polar surface area (TPSA) is 105 Å². The molecule has 1 aromatic carbocycles. The molecule has 154 valence electrons. The van der Waals surface area contributed by atoms with Crippen molar-refractivity contribution in [1.29, 1.82) is 0 Å². The van der Waals surface area contributed by atoms with Gasteiger partial charge in [-0.05, 0) is 39.1 Å². The number of carbonyl (C=O) groups excluding carboxylic acids is 4. The van der Waals surface area contributed by atoms with Gasteiger partial charge in [0.1, 0.15) is 0 Å². The minimum atomic E-state index is -0.650. The van der Waals surface area contributed by atoms with Crippen LogP contribution in [-0.2, 0) is 19.1 Å². The second kappa shape index (κ2) is 11.0. The van der Waals surface area contributed by atoms with Crippen molar-refractivity contribution in [2.45, 2.75) is 13.8 Å². The Morgan fingerprint density at radius 1 is 0.893 bits per heavy atom. The van der Waals surface area contributed by atoms with E-state index in [0.29, 0.717) is 13.1 Å². The number of hydrogen-bond acceptors (Lipinski definition) is 7. The summed E-state index contributed by atoms with van der Waals surface area (Å²) in [4.78, 5) is 51.3. The lowest BCUT2D eigenvalue weighted by Crippen LogP contribution is -2.41. The van der Waals surface area contributed by atoms with Gasteiger partial charge in [0.25, 0.3) is 0 Å². The molecule has 9 heteroatoms. The van der Waals surface area contributed by atoms with E-state index in [-0.39, 0.29) is 35.8 Å². The maximum Gasteiger partial charge on any atom is 0.337 e. The van der Waals surface area contributed by atoms with Crippen LogP contribution in [-0.4, -0.2) is 81.0 Å². The summed E-state index contributed by atoms with van der Waals surface area (Å²) in [5.74, 6) is -1.76. The first-order valence-electron chi connectivity index (χ1n) is 8.83.